The summed E-state index contributed by atoms with van der Waals surface area (Å²) >= 11 is 3.13. The van der Waals surface area contributed by atoms with Crippen LogP contribution in [-0.4, -0.2) is 48.0 Å². The monoisotopic (exact) mass is 534 g/mol. The van der Waals surface area contributed by atoms with E-state index in [0.717, 1.165) is 14.9 Å². The molecule has 7 nitrogen and oxygen atoms in total. The van der Waals surface area contributed by atoms with Gasteiger partial charge in [-0.25, -0.2) is 17.8 Å². The van der Waals surface area contributed by atoms with Crippen molar-refractivity contribution in [2.75, 3.05) is 25.0 Å². The number of thiophene rings is 1. The van der Waals surface area contributed by atoms with Crippen molar-refractivity contribution in [3.05, 3.63) is 45.9 Å². The molecule has 4 N–H and O–H groups in total. The Labute approximate surface area is 178 Å². The first-order valence-corrected chi connectivity index (χ1v) is 11.6. The fraction of sp³-hybridized carbons (Fsp3) is 0.235. The fourth-order valence-corrected chi connectivity index (χ4v) is 6.72. The molecular weight excluding hydrogens is 518 g/mol. The maximum Gasteiger partial charge on any atom is 0.246 e. The molecule has 0 aliphatic carbocycles. The minimum Gasteiger partial charge on any atom is -0.386 e. The number of halogens is 2. The zero-order chi connectivity index (χ0) is 20.1. The van der Waals surface area contributed by atoms with E-state index < -0.39 is 21.4 Å². The van der Waals surface area contributed by atoms with Crippen molar-refractivity contribution in [2.45, 2.75) is 10.5 Å². The Morgan fingerprint density at radius 2 is 2.14 bits per heavy atom. The summed E-state index contributed by atoms with van der Waals surface area (Å²) in [5, 5.41) is 13.8. The molecule has 0 radical (unpaired) electrons. The lowest BCUT2D eigenvalue weighted by Gasteiger charge is -2.44. The van der Waals surface area contributed by atoms with Gasteiger partial charge >= 0.3 is 0 Å². The molecule has 1 saturated heterocycles. The lowest BCUT2D eigenvalue weighted by Crippen LogP contribution is -2.66. The van der Waals surface area contributed by atoms with Crippen LogP contribution in [0.1, 0.15) is 0 Å². The number of hydrogen-bond acceptors (Lipinski definition) is 7. The number of fused-ring (bicyclic) bond motifs is 1. The van der Waals surface area contributed by atoms with E-state index in [2.05, 4.69) is 10.3 Å². The Hall–Kier alpha value is -1.38. The number of rotatable bonds is 5. The van der Waals surface area contributed by atoms with Gasteiger partial charge < -0.3 is 16.2 Å². The molecule has 0 bridgehead atoms. The second-order valence-electron chi connectivity index (χ2n) is 6.57. The third-order valence-electron chi connectivity index (χ3n) is 4.52. The molecule has 2 aromatic heterocycles. The van der Waals surface area contributed by atoms with E-state index in [1.807, 2.05) is 22.6 Å². The molecule has 4 rings (SSSR count). The number of pyridine rings is 1. The van der Waals surface area contributed by atoms with Gasteiger partial charge in [0.05, 0.1) is 5.69 Å². The summed E-state index contributed by atoms with van der Waals surface area (Å²) in [7, 11) is -3.94. The van der Waals surface area contributed by atoms with Crippen LogP contribution in [0.5, 0.6) is 0 Å². The van der Waals surface area contributed by atoms with Crippen LogP contribution in [0.15, 0.2) is 41.4 Å². The van der Waals surface area contributed by atoms with Gasteiger partial charge in [0.2, 0.25) is 10.0 Å². The van der Waals surface area contributed by atoms with Gasteiger partial charge in [-0.15, -0.1) is 0 Å². The van der Waals surface area contributed by atoms with Crippen molar-refractivity contribution in [1.82, 2.24) is 9.29 Å². The van der Waals surface area contributed by atoms with E-state index >= 15 is 0 Å². The Morgan fingerprint density at radius 3 is 2.82 bits per heavy atom. The van der Waals surface area contributed by atoms with Crippen LogP contribution in [0, 0.1) is 9.39 Å². The summed E-state index contributed by atoms with van der Waals surface area (Å²) in [6.07, 6.45) is 1.57. The number of aromatic nitrogens is 1. The topological polar surface area (TPSA) is 109 Å². The lowest BCUT2D eigenvalue weighted by molar-refractivity contribution is -0.0506. The number of nitrogens with zero attached hydrogens (tertiary/aromatic N) is 2. The Kier molecular flexibility index (Phi) is 5.08. The predicted octanol–water partition coefficient (Wildman–Crippen LogP) is 2.48. The van der Waals surface area contributed by atoms with Crippen molar-refractivity contribution in [1.29, 1.82) is 0 Å². The average Bonchev–Trinajstić information content (AvgIpc) is 3.00. The zero-order valence-corrected chi connectivity index (χ0v) is 18.2. The molecule has 0 saturated carbocycles. The third kappa shape index (κ3) is 3.39. The Morgan fingerprint density at radius 1 is 1.39 bits per heavy atom. The average molecular weight is 534 g/mol. The van der Waals surface area contributed by atoms with Gasteiger partial charge in [0.1, 0.15) is 26.1 Å². The van der Waals surface area contributed by atoms with E-state index in [-0.39, 0.29) is 35.2 Å². The van der Waals surface area contributed by atoms with Gasteiger partial charge in [0.15, 0.2) is 0 Å². The number of hydrogen-bond donors (Lipinski definition) is 3. The first-order chi connectivity index (χ1) is 13.2. The molecule has 1 aliphatic rings. The number of nitrogens with one attached hydrogen (secondary N) is 1. The van der Waals surface area contributed by atoms with Crippen molar-refractivity contribution in [2.24, 2.45) is 5.73 Å². The molecular formula is C17H16FIN4O3S2. The number of β-amino-alcohol motifs (C(OH)–C–C–N with tert-alkyl or cyclic N) is 1. The quantitative estimate of drug-likeness (QED) is 0.435. The number of sulfonamides is 1. The molecule has 3 aromatic rings. The lowest BCUT2D eigenvalue weighted by atomic mass is 9.98. The largest absolute Gasteiger partial charge is 0.386 e. The molecule has 1 aliphatic heterocycles. The van der Waals surface area contributed by atoms with Crippen LogP contribution < -0.4 is 11.1 Å². The number of aliphatic hydroxyl groups is 1. The van der Waals surface area contributed by atoms with Crippen LogP contribution in [0.3, 0.4) is 0 Å². The highest BCUT2D eigenvalue weighted by Crippen LogP contribution is 2.42. The van der Waals surface area contributed by atoms with Crippen LogP contribution in [-0.2, 0) is 10.0 Å². The summed E-state index contributed by atoms with van der Waals surface area (Å²) in [4.78, 5) is 4.78. The molecule has 3 heterocycles. The minimum absolute atomic E-state index is 0.0239. The van der Waals surface area contributed by atoms with E-state index in [1.165, 1.54) is 10.4 Å². The van der Waals surface area contributed by atoms with E-state index in [9.17, 15) is 17.9 Å². The maximum absolute atomic E-state index is 14.3. The number of anilines is 2. The summed E-state index contributed by atoms with van der Waals surface area (Å²) in [5.41, 5.74) is 4.47. The van der Waals surface area contributed by atoms with Crippen LogP contribution in [0.25, 0.3) is 10.2 Å². The van der Waals surface area contributed by atoms with Gasteiger partial charge in [0.25, 0.3) is 0 Å². The summed E-state index contributed by atoms with van der Waals surface area (Å²) in [6, 6.07) is 7.95. The number of benzene rings is 1. The van der Waals surface area contributed by atoms with E-state index in [1.54, 1.807) is 30.5 Å². The normalized spacial score (nSPS) is 16.9. The maximum atomic E-state index is 14.3. The van der Waals surface area contributed by atoms with E-state index in [4.69, 9.17) is 5.73 Å². The van der Waals surface area contributed by atoms with Crippen molar-refractivity contribution >= 4 is 64.9 Å². The SMILES string of the molecule is NCC1(O)CN(S(=O)(=O)c2c(Nc3ccc(I)cc3F)sc3ncccc23)C1. The van der Waals surface area contributed by atoms with Gasteiger partial charge in [-0.05, 0) is 52.9 Å². The fourth-order valence-electron chi connectivity index (χ4n) is 3.00. The van der Waals surface area contributed by atoms with Crippen LogP contribution >= 0.6 is 33.9 Å². The molecule has 0 unspecified atom stereocenters. The summed E-state index contributed by atoms with van der Waals surface area (Å²) in [6.45, 7) is -0.189. The first-order valence-electron chi connectivity index (χ1n) is 8.26. The standard InChI is InChI=1S/C17H16FIN4O3S2/c18-12-6-10(19)3-4-13(12)22-16-14(11-2-1-5-21-15(11)27-16)28(25,26)23-8-17(24,7-20)9-23/h1-6,22,24H,7-9,20H2. The van der Waals surface area contributed by atoms with Crippen LogP contribution in [0.2, 0.25) is 0 Å². The van der Waals surface area contributed by atoms with E-state index in [0.29, 0.717) is 10.2 Å². The van der Waals surface area contributed by atoms with Gasteiger partial charge in [-0.1, -0.05) is 11.3 Å². The molecule has 1 aromatic carbocycles. The second kappa shape index (κ2) is 7.15. The van der Waals surface area contributed by atoms with Crippen molar-refractivity contribution in [3.8, 4) is 0 Å². The number of nitrogens with two attached hydrogens (primary N) is 1. The van der Waals surface area contributed by atoms with Gasteiger partial charge in [-0.3, -0.25) is 0 Å². The summed E-state index contributed by atoms with van der Waals surface area (Å²) in [5.74, 6) is -0.484. The van der Waals surface area contributed by atoms with Crippen molar-refractivity contribution < 1.29 is 17.9 Å². The molecule has 0 amide bonds. The highest BCUT2D eigenvalue weighted by Gasteiger charge is 2.47. The second-order valence-corrected chi connectivity index (χ2v) is 10.7. The van der Waals surface area contributed by atoms with Crippen molar-refractivity contribution in [3.63, 3.8) is 0 Å². The highest BCUT2D eigenvalue weighted by atomic mass is 127. The van der Waals surface area contributed by atoms with Crippen LogP contribution in [0.4, 0.5) is 15.1 Å². The first kappa shape index (κ1) is 19.9. The molecule has 148 valence electrons. The summed E-state index contributed by atoms with van der Waals surface area (Å²) < 4.78 is 42.7. The molecule has 0 spiro atoms. The highest BCUT2D eigenvalue weighted by molar-refractivity contribution is 14.1. The molecule has 1 fully saturated rings. The molecule has 0 atom stereocenters. The molecule has 11 heteroatoms. The third-order valence-corrected chi connectivity index (χ3v) is 8.23. The Bertz CT molecular complexity index is 1160. The smallest absolute Gasteiger partial charge is 0.246 e. The van der Waals surface area contributed by atoms with Gasteiger partial charge in [0, 0.05) is 34.8 Å². The van der Waals surface area contributed by atoms with Gasteiger partial charge in [-0.2, -0.15) is 4.31 Å². The zero-order valence-electron chi connectivity index (χ0n) is 14.4. The minimum atomic E-state index is -3.94. The predicted molar refractivity (Wildman–Crippen MR) is 115 cm³/mol. The molecule has 28 heavy (non-hydrogen) atoms. The Balaban J connectivity index is 1.80.